The highest BCUT2D eigenvalue weighted by atomic mass is 16.5. The molecule has 0 aliphatic rings. The lowest BCUT2D eigenvalue weighted by molar-refractivity contribution is 0.262. The number of carbonyl (C=O) groups excluding carboxylic acids is 1. The van der Waals surface area contributed by atoms with Gasteiger partial charge in [0.2, 0.25) is 0 Å². The van der Waals surface area contributed by atoms with Crippen molar-refractivity contribution in [2.75, 3.05) is 10.6 Å². The van der Waals surface area contributed by atoms with Gasteiger partial charge in [-0.1, -0.05) is 32.9 Å². The third kappa shape index (κ3) is 4.38. The zero-order valence-corrected chi connectivity index (χ0v) is 20.4. The van der Waals surface area contributed by atoms with Crippen molar-refractivity contribution < 1.29 is 9.53 Å². The van der Waals surface area contributed by atoms with Crippen molar-refractivity contribution in [3.8, 4) is 11.5 Å². The average molecular weight is 483 g/mol. The number of rotatable bonds is 4. The van der Waals surface area contributed by atoms with Gasteiger partial charge in [-0.3, -0.25) is 9.55 Å². The highest BCUT2D eigenvalue weighted by molar-refractivity contribution is 6.06. The first-order valence-electron chi connectivity index (χ1n) is 11.5. The van der Waals surface area contributed by atoms with E-state index in [-0.39, 0.29) is 17.1 Å². The summed E-state index contributed by atoms with van der Waals surface area (Å²) in [5.41, 5.74) is 3.62. The fraction of sp³-hybridized carbons (Fsp3) is 0.185. The molecule has 5 aromatic rings. The van der Waals surface area contributed by atoms with Crippen molar-refractivity contribution >= 4 is 39.5 Å². The van der Waals surface area contributed by atoms with Gasteiger partial charge in [-0.25, -0.2) is 14.6 Å². The number of aryl methyl sites for hydroxylation is 1. The Kier molecular flexibility index (Phi) is 5.68. The number of urea groups is 1. The number of anilines is 2. The highest BCUT2D eigenvalue weighted by Gasteiger charge is 2.16. The molecule has 182 valence electrons. The van der Waals surface area contributed by atoms with Crippen LogP contribution in [0.2, 0.25) is 0 Å². The second kappa shape index (κ2) is 8.84. The van der Waals surface area contributed by atoms with E-state index in [1.807, 2.05) is 30.3 Å². The van der Waals surface area contributed by atoms with Crippen LogP contribution in [0.4, 0.5) is 16.2 Å². The van der Waals surface area contributed by atoms with Crippen molar-refractivity contribution in [3.05, 3.63) is 83.0 Å². The molecular weight excluding hydrogens is 456 g/mol. The number of nitrogens with zero attached hydrogens (tertiary/aromatic N) is 3. The van der Waals surface area contributed by atoms with Gasteiger partial charge >= 0.3 is 11.7 Å². The molecule has 0 unspecified atom stereocenters. The molecule has 0 spiro atoms. The van der Waals surface area contributed by atoms with Gasteiger partial charge in [-0.2, -0.15) is 0 Å². The molecular formula is C27H26N6O3. The fourth-order valence-corrected chi connectivity index (χ4v) is 3.98. The summed E-state index contributed by atoms with van der Waals surface area (Å²) in [6.07, 6.45) is 3.24. The maximum Gasteiger partial charge on any atom is 0.327 e. The summed E-state index contributed by atoms with van der Waals surface area (Å²) in [4.78, 5) is 36.4. The van der Waals surface area contributed by atoms with Gasteiger partial charge in [-0.15, -0.1) is 0 Å². The van der Waals surface area contributed by atoms with Crippen LogP contribution in [0.3, 0.4) is 0 Å². The number of amides is 2. The van der Waals surface area contributed by atoms with Gasteiger partial charge in [0.1, 0.15) is 11.3 Å². The standard InChI is InChI=1S/C27H26N6O3/c1-27(2,3)16-7-5-8-17(15-16)30-25(34)31-19-10-11-20(18-9-6-13-28-22(18)19)36-21-12-14-29-24-23(21)32-26(35)33(24)4/h5-15H,1-4H3,(H,32,35)(H2,30,31,34). The van der Waals surface area contributed by atoms with Crippen LogP contribution in [0.15, 0.2) is 71.8 Å². The predicted octanol–water partition coefficient (Wildman–Crippen LogP) is 5.54. The quantitative estimate of drug-likeness (QED) is 0.311. The maximum absolute atomic E-state index is 12.8. The number of aromatic amines is 1. The summed E-state index contributed by atoms with van der Waals surface area (Å²) < 4.78 is 7.60. The Bertz CT molecular complexity index is 1660. The van der Waals surface area contributed by atoms with Crippen molar-refractivity contribution in [1.29, 1.82) is 0 Å². The minimum atomic E-state index is -0.376. The van der Waals surface area contributed by atoms with Gasteiger partial charge in [0.05, 0.1) is 11.2 Å². The molecule has 0 radical (unpaired) electrons. The number of nitrogens with one attached hydrogen (secondary N) is 3. The molecule has 0 fully saturated rings. The van der Waals surface area contributed by atoms with Gasteiger partial charge < -0.3 is 20.4 Å². The Morgan fingerprint density at radius 2 is 1.81 bits per heavy atom. The number of carbonyl (C=O) groups is 1. The SMILES string of the molecule is Cn1c(=O)[nH]c2c(Oc3ccc(NC(=O)Nc4cccc(C(C)(C)C)c4)c4ncccc34)ccnc21. The summed E-state index contributed by atoms with van der Waals surface area (Å²) in [6, 6.07) is 16.3. The monoisotopic (exact) mass is 482 g/mol. The number of fused-ring (bicyclic) bond motifs is 2. The molecule has 0 atom stereocenters. The van der Waals surface area contributed by atoms with E-state index >= 15 is 0 Å². The molecule has 2 amide bonds. The molecule has 0 saturated carbocycles. The second-order valence-electron chi connectivity index (χ2n) is 9.52. The van der Waals surface area contributed by atoms with E-state index in [9.17, 15) is 9.59 Å². The van der Waals surface area contributed by atoms with Crippen LogP contribution >= 0.6 is 0 Å². The first kappa shape index (κ1) is 23.1. The largest absolute Gasteiger partial charge is 0.454 e. The number of aromatic nitrogens is 4. The average Bonchev–Trinajstić information content (AvgIpc) is 3.14. The third-order valence-corrected chi connectivity index (χ3v) is 5.93. The number of benzene rings is 2. The number of hydrogen-bond donors (Lipinski definition) is 3. The van der Waals surface area contributed by atoms with Crippen LogP contribution in [-0.2, 0) is 12.5 Å². The highest BCUT2D eigenvalue weighted by Crippen LogP contribution is 2.35. The lowest BCUT2D eigenvalue weighted by Gasteiger charge is -2.20. The van der Waals surface area contributed by atoms with E-state index in [4.69, 9.17) is 4.74 Å². The summed E-state index contributed by atoms with van der Waals surface area (Å²) in [5, 5.41) is 6.49. The summed E-state index contributed by atoms with van der Waals surface area (Å²) in [7, 11) is 1.64. The minimum Gasteiger partial charge on any atom is -0.454 e. The lowest BCUT2D eigenvalue weighted by Crippen LogP contribution is -2.20. The van der Waals surface area contributed by atoms with Crippen molar-refractivity contribution in [2.24, 2.45) is 7.05 Å². The molecule has 2 aromatic carbocycles. The molecule has 9 nitrogen and oxygen atoms in total. The van der Waals surface area contributed by atoms with E-state index in [1.54, 1.807) is 43.7 Å². The first-order chi connectivity index (χ1) is 17.2. The fourth-order valence-electron chi connectivity index (χ4n) is 3.98. The third-order valence-electron chi connectivity index (χ3n) is 5.93. The van der Waals surface area contributed by atoms with Gasteiger partial charge in [-0.05, 0) is 47.4 Å². The Morgan fingerprint density at radius 1 is 0.972 bits per heavy atom. The minimum absolute atomic E-state index is 0.0305. The maximum atomic E-state index is 12.8. The molecule has 9 heteroatoms. The molecule has 3 aromatic heterocycles. The molecule has 0 saturated heterocycles. The van der Waals surface area contributed by atoms with Gasteiger partial charge in [0.25, 0.3) is 0 Å². The van der Waals surface area contributed by atoms with Crippen LogP contribution in [-0.4, -0.2) is 25.6 Å². The summed E-state index contributed by atoms with van der Waals surface area (Å²) >= 11 is 0. The van der Waals surface area contributed by atoms with Crippen LogP contribution in [0.25, 0.3) is 22.1 Å². The molecule has 0 aliphatic heterocycles. The van der Waals surface area contributed by atoms with Crippen LogP contribution in [0, 0.1) is 0 Å². The Labute approximate surface area is 207 Å². The van der Waals surface area contributed by atoms with E-state index in [0.717, 1.165) is 5.56 Å². The Morgan fingerprint density at radius 3 is 2.61 bits per heavy atom. The zero-order chi connectivity index (χ0) is 25.4. The summed E-state index contributed by atoms with van der Waals surface area (Å²) in [6.45, 7) is 6.38. The Hall–Kier alpha value is -4.66. The number of imidazole rings is 1. The van der Waals surface area contributed by atoms with E-state index in [2.05, 4.69) is 46.4 Å². The van der Waals surface area contributed by atoms with Crippen molar-refractivity contribution in [3.63, 3.8) is 0 Å². The van der Waals surface area contributed by atoms with E-state index in [1.165, 1.54) is 4.57 Å². The van der Waals surface area contributed by atoms with E-state index in [0.29, 0.717) is 44.9 Å². The molecule has 3 N–H and O–H groups in total. The number of ether oxygens (including phenoxy) is 1. The number of pyridine rings is 2. The van der Waals surface area contributed by atoms with Gasteiger partial charge in [0, 0.05) is 36.6 Å². The second-order valence-corrected chi connectivity index (χ2v) is 9.52. The number of hydrogen-bond acceptors (Lipinski definition) is 5. The molecule has 0 bridgehead atoms. The smallest absolute Gasteiger partial charge is 0.327 e. The first-order valence-corrected chi connectivity index (χ1v) is 11.5. The molecule has 3 heterocycles. The number of H-pyrrole nitrogens is 1. The summed E-state index contributed by atoms with van der Waals surface area (Å²) in [5.74, 6) is 0.985. The topological polar surface area (TPSA) is 114 Å². The van der Waals surface area contributed by atoms with Crippen molar-refractivity contribution in [1.82, 2.24) is 19.5 Å². The van der Waals surface area contributed by atoms with Crippen LogP contribution in [0.5, 0.6) is 11.5 Å². The molecule has 0 aliphatic carbocycles. The lowest BCUT2D eigenvalue weighted by atomic mass is 9.87. The molecule has 5 rings (SSSR count). The Balaban J connectivity index is 1.43. The van der Waals surface area contributed by atoms with Crippen LogP contribution in [0.1, 0.15) is 26.3 Å². The predicted molar refractivity (Wildman–Crippen MR) is 141 cm³/mol. The van der Waals surface area contributed by atoms with Crippen molar-refractivity contribution in [2.45, 2.75) is 26.2 Å². The molecule has 36 heavy (non-hydrogen) atoms. The normalized spacial score (nSPS) is 11.6. The van der Waals surface area contributed by atoms with Gasteiger partial charge in [0.15, 0.2) is 11.4 Å². The van der Waals surface area contributed by atoms with E-state index < -0.39 is 0 Å². The zero-order valence-electron chi connectivity index (χ0n) is 20.4. The van der Waals surface area contributed by atoms with Crippen LogP contribution < -0.4 is 21.1 Å².